The molecule has 0 amide bonds. The van der Waals surface area contributed by atoms with Gasteiger partial charge in [-0.1, -0.05) is 52.4 Å². The van der Waals surface area contributed by atoms with Gasteiger partial charge in [0.2, 0.25) is 0 Å². The smallest absolute Gasteiger partial charge is 0.325 e. The highest BCUT2D eigenvalue weighted by atomic mass is 16.4. The van der Waals surface area contributed by atoms with E-state index in [2.05, 4.69) is 6.92 Å². The Labute approximate surface area is 147 Å². The SMILES string of the molecule is CCC(N)C(C)(C(=O)O)N(C)C.CCCCCCCCCC(=O)O. The lowest BCUT2D eigenvalue weighted by molar-refractivity contribution is -0.150. The number of likely N-dealkylation sites (N-methyl/N-ethyl adjacent to an activating group) is 1. The van der Waals surface area contributed by atoms with Crippen LogP contribution in [0.1, 0.15) is 78.6 Å². The van der Waals surface area contributed by atoms with E-state index in [9.17, 15) is 9.59 Å². The fraction of sp³-hybridized carbons (Fsp3) is 0.889. The zero-order valence-corrected chi connectivity index (χ0v) is 16.2. The number of nitrogens with zero attached hydrogens (tertiary/aromatic N) is 1. The van der Waals surface area contributed by atoms with Crippen LogP contribution in [0.2, 0.25) is 0 Å². The minimum Gasteiger partial charge on any atom is -0.481 e. The van der Waals surface area contributed by atoms with Crippen LogP contribution in [0, 0.1) is 0 Å². The Morgan fingerprint density at radius 3 is 1.75 bits per heavy atom. The van der Waals surface area contributed by atoms with E-state index < -0.39 is 17.5 Å². The van der Waals surface area contributed by atoms with Crippen molar-refractivity contribution in [3.8, 4) is 0 Å². The first-order valence-corrected chi connectivity index (χ1v) is 9.02. The summed E-state index contributed by atoms with van der Waals surface area (Å²) in [6, 6.07) is -0.343. The average molecular weight is 347 g/mol. The fourth-order valence-electron chi connectivity index (χ4n) is 2.31. The minimum atomic E-state index is -0.964. The van der Waals surface area contributed by atoms with E-state index in [0.29, 0.717) is 12.8 Å². The highest BCUT2D eigenvalue weighted by Crippen LogP contribution is 2.17. The predicted octanol–water partition coefficient (Wildman–Crippen LogP) is 3.34. The Bertz CT molecular complexity index is 348. The van der Waals surface area contributed by atoms with E-state index in [1.54, 1.807) is 25.9 Å². The van der Waals surface area contributed by atoms with Crippen molar-refractivity contribution in [3.05, 3.63) is 0 Å². The van der Waals surface area contributed by atoms with Gasteiger partial charge in [-0.3, -0.25) is 14.5 Å². The van der Waals surface area contributed by atoms with Crippen molar-refractivity contribution in [1.29, 1.82) is 0 Å². The molecule has 2 unspecified atom stereocenters. The molecule has 0 aromatic rings. The molecule has 0 saturated carbocycles. The van der Waals surface area contributed by atoms with Gasteiger partial charge in [-0.2, -0.15) is 0 Å². The molecule has 0 radical (unpaired) electrons. The third-order valence-corrected chi connectivity index (χ3v) is 4.52. The number of hydrogen-bond acceptors (Lipinski definition) is 4. The van der Waals surface area contributed by atoms with Crippen LogP contribution >= 0.6 is 0 Å². The largest absolute Gasteiger partial charge is 0.481 e. The first kappa shape index (κ1) is 25.1. The number of rotatable bonds is 12. The van der Waals surface area contributed by atoms with Gasteiger partial charge in [0.05, 0.1) is 0 Å². The van der Waals surface area contributed by atoms with E-state index in [4.69, 9.17) is 15.9 Å². The Hall–Kier alpha value is -1.14. The molecule has 0 aromatic carbocycles. The molecule has 4 N–H and O–H groups in total. The topological polar surface area (TPSA) is 104 Å². The van der Waals surface area contributed by atoms with Gasteiger partial charge in [0.1, 0.15) is 5.54 Å². The first-order chi connectivity index (χ1) is 11.1. The standard InChI is InChI=1S/C10H20O2.C8H18N2O2/c1-2-3-4-5-6-7-8-9-10(11)12;1-5-6(9)8(2,7(11)12)10(3)4/h2-9H2,1H3,(H,11,12);6H,5,9H2,1-4H3,(H,11,12). The average Bonchev–Trinajstić information content (AvgIpc) is 2.52. The van der Waals surface area contributed by atoms with E-state index in [1.165, 1.54) is 32.1 Å². The number of unbranched alkanes of at least 4 members (excludes halogenated alkanes) is 6. The van der Waals surface area contributed by atoms with Crippen LogP contribution in [0.3, 0.4) is 0 Å². The van der Waals surface area contributed by atoms with Crippen molar-refractivity contribution in [2.24, 2.45) is 5.73 Å². The molecule has 0 fully saturated rings. The molecule has 0 aliphatic heterocycles. The molecule has 6 heteroatoms. The number of hydrogen-bond donors (Lipinski definition) is 3. The molecular weight excluding hydrogens is 308 g/mol. The van der Waals surface area contributed by atoms with E-state index in [1.807, 2.05) is 6.92 Å². The zero-order chi connectivity index (χ0) is 19.2. The summed E-state index contributed by atoms with van der Waals surface area (Å²) in [5.74, 6) is -1.54. The lowest BCUT2D eigenvalue weighted by Gasteiger charge is -2.36. The highest BCUT2D eigenvalue weighted by molar-refractivity contribution is 5.79. The molecule has 24 heavy (non-hydrogen) atoms. The molecule has 0 rings (SSSR count). The monoisotopic (exact) mass is 346 g/mol. The summed E-state index contributed by atoms with van der Waals surface area (Å²) in [4.78, 5) is 22.7. The van der Waals surface area contributed by atoms with Crippen LogP contribution in [-0.4, -0.2) is 52.7 Å². The van der Waals surface area contributed by atoms with Gasteiger partial charge in [-0.05, 0) is 33.9 Å². The molecule has 144 valence electrons. The molecule has 0 saturated heterocycles. The van der Waals surface area contributed by atoms with Gasteiger partial charge in [0, 0.05) is 12.5 Å². The molecule has 0 spiro atoms. The summed E-state index contributed by atoms with van der Waals surface area (Å²) in [6.45, 7) is 5.73. The van der Waals surface area contributed by atoms with Gasteiger partial charge < -0.3 is 15.9 Å². The first-order valence-electron chi connectivity index (χ1n) is 9.02. The maximum Gasteiger partial charge on any atom is 0.325 e. The van der Waals surface area contributed by atoms with Crippen LogP contribution < -0.4 is 5.73 Å². The Morgan fingerprint density at radius 2 is 1.46 bits per heavy atom. The van der Waals surface area contributed by atoms with Crippen molar-refractivity contribution < 1.29 is 19.8 Å². The van der Waals surface area contributed by atoms with Gasteiger partial charge >= 0.3 is 11.9 Å². The van der Waals surface area contributed by atoms with Crippen LogP contribution in [0.15, 0.2) is 0 Å². The second-order valence-corrected chi connectivity index (χ2v) is 6.63. The van der Waals surface area contributed by atoms with Crippen molar-refractivity contribution >= 4 is 11.9 Å². The summed E-state index contributed by atoms with van der Waals surface area (Å²) in [6.07, 6.45) is 9.30. The molecular formula is C18H38N2O4. The van der Waals surface area contributed by atoms with Crippen LogP contribution in [0.5, 0.6) is 0 Å². The normalized spacial score (nSPS) is 14.5. The zero-order valence-electron chi connectivity index (χ0n) is 16.2. The summed E-state index contributed by atoms with van der Waals surface area (Å²) < 4.78 is 0. The lowest BCUT2D eigenvalue weighted by atomic mass is 9.90. The third kappa shape index (κ3) is 10.6. The quantitative estimate of drug-likeness (QED) is 0.468. The number of carboxylic acid groups (broad SMARTS) is 2. The van der Waals surface area contributed by atoms with E-state index >= 15 is 0 Å². The summed E-state index contributed by atoms with van der Waals surface area (Å²) in [7, 11) is 3.45. The third-order valence-electron chi connectivity index (χ3n) is 4.52. The molecule has 0 aliphatic carbocycles. The van der Waals surface area contributed by atoms with E-state index in [-0.39, 0.29) is 6.04 Å². The summed E-state index contributed by atoms with van der Waals surface area (Å²) in [5.41, 5.74) is 4.77. The number of carbonyl (C=O) groups is 2. The fourth-order valence-corrected chi connectivity index (χ4v) is 2.31. The molecule has 6 nitrogen and oxygen atoms in total. The minimum absolute atomic E-state index is 0.341. The lowest BCUT2D eigenvalue weighted by Crippen LogP contribution is -2.60. The van der Waals surface area contributed by atoms with E-state index in [0.717, 1.165) is 12.8 Å². The number of carboxylic acids is 2. The Morgan fingerprint density at radius 1 is 1.00 bits per heavy atom. The maximum absolute atomic E-state index is 10.9. The highest BCUT2D eigenvalue weighted by Gasteiger charge is 2.40. The molecule has 0 heterocycles. The Balaban J connectivity index is 0. The molecule has 0 bridgehead atoms. The van der Waals surface area contributed by atoms with Crippen LogP contribution in [-0.2, 0) is 9.59 Å². The van der Waals surface area contributed by atoms with Crippen molar-refractivity contribution in [2.75, 3.05) is 14.1 Å². The van der Waals surface area contributed by atoms with Crippen LogP contribution in [0.25, 0.3) is 0 Å². The van der Waals surface area contributed by atoms with Crippen molar-refractivity contribution in [3.63, 3.8) is 0 Å². The number of aliphatic carboxylic acids is 2. The second kappa shape index (κ2) is 14.2. The van der Waals surface area contributed by atoms with Gasteiger partial charge in [0.25, 0.3) is 0 Å². The number of nitrogens with two attached hydrogens (primary N) is 1. The summed E-state index contributed by atoms with van der Waals surface area (Å²) >= 11 is 0. The van der Waals surface area contributed by atoms with Gasteiger partial charge in [-0.25, -0.2) is 0 Å². The van der Waals surface area contributed by atoms with Crippen molar-refractivity contribution in [1.82, 2.24) is 4.90 Å². The maximum atomic E-state index is 10.9. The second-order valence-electron chi connectivity index (χ2n) is 6.63. The van der Waals surface area contributed by atoms with Crippen molar-refractivity contribution in [2.45, 2.75) is 90.1 Å². The van der Waals surface area contributed by atoms with Gasteiger partial charge in [0.15, 0.2) is 0 Å². The summed E-state index contributed by atoms with van der Waals surface area (Å²) in [5, 5.41) is 17.3. The molecule has 0 aromatic heterocycles. The van der Waals surface area contributed by atoms with Gasteiger partial charge in [-0.15, -0.1) is 0 Å². The molecule has 0 aliphatic rings. The van der Waals surface area contributed by atoms with Crippen LogP contribution in [0.4, 0.5) is 0 Å². The molecule has 2 atom stereocenters. The Kier molecular flexibility index (Phi) is 14.9. The predicted molar refractivity (Wildman–Crippen MR) is 98.2 cm³/mol.